The Balaban J connectivity index is 0.000000268. The van der Waals surface area contributed by atoms with Gasteiger partial charge in [0, 0.05) is 111 Å². The summed E-state index contributed by atoms with van der Waals surface area (Å²) in [5.41, 5.74) is 9.72. The minimum atomic E-state index is -4.67. The molecule has 8 aromatic rings. The van der Waals surface area contributed by atoms with Gasteiger partial charge in [0.25, 0.3) is 10.1 Å². The third-order valence-electron chi connectivity index (χ3n) is 11.8. The van der Waals surface area contributed by atoms with Crippen molar-refractivity contribution in [3.8, 4) is 0 Å². The molecule has 0 unspecified atom stereocenters. The molecular formula is C54H56Br2F4N6NaO15S2+. The molecule has 0 atom stereocenters. The van der Waals surface area contributed by atoms with Gasteiger partial charge in [-0.25, -0.2) is 17.6 Å². The number of aromatic nitrogens is 3. The number of ether oxygens (including phenoxy) is 2. The zero-order valence-electron chi connectivity index (χ0n) is 44.6. The number of nitrogens with two attached hydrogens (primary N) is 1. The van der Waals surface area contributed by atoms with E-state index in [1.54, 1.807) is 91.4 Å². The molecule has 8 N–H and O–H groups in total. The summed E-state index contributed by atoms with van der Waals surface area (Å²) in [6, 6.07) is 31.7. The summed E-state index contributed by atoms with van der Waals surface area (Å²) < 4.78 is 127. The number of benzene rings is 5. The van der Waals surface area contributed by atoms with Crippen LogP contribution in [0, 0.1) is 33.2 Å². The second-order valence-electron chi connectivity index (χ2n) is 17.4. The van der Waals surface area contributed by atoms with E-state index in [1.165, 1.54) is 42.5 Å². The minimum Gasteiger partial charge on any atom is -0.398 e. The van der Waals surface area contributed by atoms with Gasteiger partial charge in [-0.1, -0.05) is 18.2 Å². The molecule has 446 valence electrons. The number of carbonyl (C=O) groups excluding carboxylic acids is 1. The van der Waals surface area contributed by atoms with Crippen LogP contribution in [0.25, 0.3) is 32.7 Å². The normalized spacial score (nSPS) is 14.1. The van der Waals surface area contributed by atoms with E-state index in [0.29, 0.717) is 77.8 Å². The Morgan fingerprint density at radius 1 is 0.595 bits per heavy atom. The average Bonchev–Trinajstić information content (AvgIpc) is 3.99. The maximum atomic E-state index is 13.9. The molecule has 3 aliphatic rings. The number of rotatable bonds is 5. The Labute approximate surface area is 518 Å². The van der Waals surface area contributed by atoms with Gasteiger partial charge < -0.3 is 40.3 Å². The summed E-state index contributed by atoms with van der Waals surface area (Å²) in [6.07, 6.45) is 6.85. The number of aliphatic hydroxyl groups is 3. The van der Waals surface area contributed by atoms with E-state index >= 15 is 0 Å². The molecule has 0 radical (unpaired) electrons. The van der Waals surface area contributed by atoms with Crippen molar-refractivity contribution >= 4 is 108 Å². The van der Waals surface area contributed by atoms with Crippen LogP contribution >= 0.6 is 31.9 Å². The fraction of sp³-hybridized carbons (Fsp3) is 0.259. The largest absolute Gasteiger partial charge is 1.00 e. The van der Waals surface area contributed by atoms with Gasteiger partial charge in [0.05, 0.1) is 59.2 Å². The van der Waals surface area contributed by atoms with Gasteiger partial charge in [-0.3, -0.25) is 33.4 Å². The van der Waals surface area contributed by atoms with Crippen molar-refractivity contribution in [2.24, 2.45) is 0 Å². The van der Waals surface area contributed by atoms with Gasteiger partial charge in [0.1, 0.15) is 35.2 Å². The van der Waals surface area contributed by atoms with Crippen molar-refractivity contribution in [2.75, 3.05) is 68.1 Å². The van der Waals surface area contributed by atoms with Crippen molar-refractivity contribution in [1.82, 2.24) is 15.0 Å². The Morgan fingerprint density at radius 2 is 1.00 bits per heavy atom. The third-order valence-corrected chi connectivity index (χ3v) is 14.0. The van der Waals surface area contributed by atoms with Gasteiger partial charge in [0.15, 0.2) is 5.79 Å². The second-order valence-corrected chi connectivity index (χ2v) is 21.4. The number of hydrogen-bond acceptors (Lipinski definition) is 18. The topological polar surface area (TPSA) is 330 Å². The molecule has 0 amide bonds. The maximum absolute atomic E-state index is 13.9. The van der Waals surface area contributed by atoms with Crippen molar-refractivity contribution in [2.45, 2.75) is 42.5 Å². The molecule has 3 saturated heterocycles. The molecule has 0 bridgehead atoms. The first kappa shape index (κ1) is 72.5. The summed E-state index contributed by atoms with van der Waals surface area (Å²) in [5, 5.41) is 25.7. The summed E-state index contributed by atoms with van der Waals surface area (Å²) >= 11 is 6.44. The van der Waals surface area contributed by atoms with E-state index < -0.39 is 26.6 Å². The van der Waals surface area contributed by atoms with E-state index in [-0.39, 0.29) is 76.7 Å². The summed E-state index contributed by atoms with van der Waals surface area (Å²) in [7, 11) is -8.67. The van der Waals surface area contributed by atoms with Gasteiger partial charge in [-0.2, -0.15) is 16.8 Å². The molecule has 6 heterocycles. The molecule has 3 aromatic heterocycles. The summed E-state index contributed by atoms with van der Waals surface area (Å²) in [5.74, 6) is -1.12. The average molecular weight is 1350 g/mol. The molecule has 3 fully saturated rings. The van der Waals surface area contributed by atoms with Crippen LogP contribution in [-0.2, 0) is 34.8 Å². The van der Waals surface area contributed by atoms with E-state index in [9.17, 15) is 30.8 Å². The Kier molecular flexibility index (Phi) is 30.8. The molecule has 84 heavy (non-hydrogen) atoms. The Hall–Kier alpha value is -5.74. The van der Waals surface area contributed by atoms with Crippen molar-refractivity contribution in [1.29, 1.82) is 0 Å². The summed E-state index contributed by atoms with van der Waals surface area (Å²) in [6.45, 7) is 3.68. The van der Waals surface area contributed by atoms with E-state index in [2.05, 4.69) is 56.6 Å². The number of hydrogen-bond donors (Lipinski definition) is 7. The molecule has 0 saturated carbocycles. The fourth-order valence-corrected chi connectivity index (χ4v) is 9.09. The first-order chi connectivity index (χ1) is 39.4. The van der Waals surface area contributed by atoms with E-state index in [0.717, 1.165) is 51.8 Å². The predicted octanol–water partition coefficient (Wildman–Crippen LogP) is 6.25. The number of nitrogens with zero attached hydrogens (tertiary/aromatic N) is 5. The van der Waals surface area contributed by atoms with Crippen LogP contribution in [0.5, 0.6) is 0 Å². The van der Waals surface area contributed by atoms with Gasteiger partial charge in [-0.05, 0) is 135 Å². The number of carbonyl (C=O) groups is 1. The minimum absolute atomic E-state index is 0. The SMILES string of the molecule is Fc1ccc(Br)c2ncccc12.Fc1ccc(N2CCC3(CC2)OCCO3)c2ncccc12.Nc1cc(F)ccc1Br.O=C1CCN(c2ccc(F)c3cccnc23)CC1.O=O.O=S(=O)(O)O.O=S(=O)(O)c1ccccc1.OCC(O)CO.[Na+]. The number of aliphatic hydroxyl groups excluding tert-OH is 3. The van der Waals surface area contributed by atoms with E-state index in [1.807, 2.05) is 6.07 Å². The van der Waals surface area contributed by atoms with Crippen LogP contribution in [0.15, 0.2) is 154 Å². The molecule has 11 rings (SSSR count). The first-order valence-electron chi connectivity index (χ1n) is 24.5. The quantitative estimate of drug-likeness (QED) is 0.0433. The van der Waals surface area contributed by atoms with Crippen molar-refractivity contribution < 1.29 is 107 Å². The number of anilines is 3. The van der Waals surface area contributed by atoms with Gasteiger partial charge in [0.2, 0.25) is 0 Å². The van der Waals surface area contributed by atoms with Crippen LogP contribution in [0.3, 0.4) is 0 Å². The smallest absolute Gasteiger partial charge is 0.398 e. The predicted molar refractivity (Wildman–Crippen MR) is 311 cm³/mol. The maximum Gasteiger partial charge on any atom is 1.00 e. The number of Topliss-reactive ketones (excluding diaryl/α,β-unsaturated/α-hetero) is 1. The molecular weight excluding hydrogens is 1300 g/mol. The van der Waals surface area contributed by atoms with Crippen LogP contribution in [0.2, 0.25) is 0 Å². The number of halogens is 6. The van der Waals surface area contributed by atoms with Crippen molar-refractivity contribution in [3.05, 3.63) is 182 Å². The molecule has 5 aromatic carbocycles. The molecule has 1 spiro atoms. The van der Waals surface area contributed by atoms with Crippen LogP contribution in [-0.4, -0.2) is 131 Å². The Bertz CT molecular complexity index is 3540. The number of ketones is 1. The van der Waals surface area contributed by atoms with Crippen LogP contribution in [0.1, 0.15) is 25.7 Å². The summed E-state index contributed by atoms with van der Waals surface area (Å²) in [4.78, 5) is 42.2. The second kappa shape index (κ2) is 35.7. The van der Waals surface area contributed by atoms with Crippen molar-refractivity contribution in [3.63, 3.8) is 0 Å². The fourth-order valence-electron chi connectivity index (χ4n) is 7.90. The monoisotopic (exact) mass is 1350 g/mol. The molecule has 3 aliphatic heterocycles. The standard InChI is InChI=1S/C16H17FN2O2.C14H13FN2O.C9H5BrFN.C6H5BrFN.C6H6O3S.C3H8O3.Na.H2O4S.O2/c17-13-3-4-14(15-12(13)2-1-7-18-15)19-8-5-16(6-9-19)20-10-11-21-16;15-12-3-4-13(14-11(12)2-1-7-16-14)17-8-5-10(18)6-9-17;10-7-3-4-8(11)6-2-1-5-12-9(6)7;7-5-2-1-4(8)3-6(5)9;7-10(8,9)6-4-2-1-3-5-6;4-1-3(6)2-5;;1-5(2,3)4;1-2/h1-4,7H,5-6,8-11H2;1-4,7H,5-6,8-9H2;1-5H;1-3H,9H2;1-5H,(H,7,8,9);3-6H,1-2H2;;(H2,1,2,3,4);/q;;;;;;+1;;. The molecule has 0 aliphatic carbocycles. The molecule has 21 nitrogen and oxygen atoms in total. The van der Waals surface area contributed by atoms with E-state index in [4.69, 9.17) is 62.5 Å². The van der Waals surface area contributed by atoms with Gasteiger partial charge in [-0.15, -0.1) is 0 Å². The van der Waals surface area contributed by atoms with Crippen LogP contribution in [0.4, 0.5) is 34.6 Å². The first-order valence-corrected chi connectivity index (χ1v) is 28.9. The van der Waals surface area contributed by atoms with Crippen LogP contribution < -0.4 is 45.1 Å². The zero-order valence-corrected chi connectivity index (χ0v) is 51.4. The van der Waals surface area contributed by atoms with Gasteiger partial charge >= 0.3 is 40.0 Å². The Morgan fingerprint density at radius 3 is 1.38 bits per heavy atom. The number of fused-ring (bicyclic) bond motifs is 3. The third kappa shape index (κ3) is 23.3. The number of piperidine rings is 2. The molecule has 30 heteroatoms. The zero-order chi connectivity index (χ0) is 61.3. The number of pyridine rings is 3. The number of nitrogen functional groups attached to an aromatic ring is 1.